The van der Waals surface area contributed by atoms with Crippen LogP contribution in [0.2, 0.25) is 0 Å². The maximum Gasteiger partial charge on any atom is 0.305 e. The molecule has 0 spiro atoms. The number of rotatable bonds is 2. The van der Waals surface area contributed by atoms with E-state index in [1.165, 1.54) is 5.56 Å². The molecule has 0 bridgehead atoms. The van der Waals surface area contributed by atoms with Gasteiger partial charge in [-0.3, -0.25) is 4.79 Å². The molecule has 0 amide bonds. The summed E-state index contributed by atoms with van der Waals surface area (Å²) < 4.78 is 0. The van der Waals surface area contributed by atoms with Gasteiger partial charge in [0.15, 0.2) is 0 Å². The first-order chi connectivity index (χ1) is 6.27. The molecule has 1 heterocycles. The average Bonchev–Trinajstić information content (AvgIpc) is 2.48. The lowest BCUT2D eigenvalue weighted by Crippen LogP contribution is -2.15. The van der Waals surface area contributed by atoms with Crippen molar-refractivity contribution < 1.29 is 9.90 Å². The first kappa shape index (κ1) is 8.26. The lowest BCUT2D eigenvalue weighted by Gasteiger charge is -2.07. The number of aliphatic carboxylic acids is 1. The minimum absolute atomic E-state index is 0.00583. The second kappa shape index (κ2) is 3.18. The minimum Gasteiger partial charge on any atom is -0.481 e. The maximum atomic E-state index is 10.5. The van der Waals surface area contributed by atoms with Crippen molar-refractivity contribution in [2.24, 2.45) is 0 Å². The number of carbonyl (C=O) groups is 1. The van der Waals surface area contributed by atoms with Crippen LogP contribution in [-0.2, 0) is 11.3 Å². The van der Waals surface area contributed by atoms with Crippen molar-refractivity contribution in [1.82, 2.24) is 5.32 Å². The second-order valence-corrected chi connectivity index (χ2v) is 3.23. The Morgan fingerprint density at radius 2 is 2.31 bits per heavy atom. The quantitative estimate of drug-likeness (QED) is 0.716. The maximum absolute atomic E-state index is 10.5. The first-order valence-electron chi connectivity index (χ1n) is 4.30. The third kappa shape index (κ3) is 1.55. The molecule has 0 saturated carbocycles. The standard InChI is InChI=1S/C10H11NO2/c12-10(13)5-9-8-4-2-1-3-7(8)6-11-9/h1-4,9,11H,5-6H2,(H,12,13). The summed E-state index contributed by atoms with van der Waals surface area (Å²) in [7, 11) is 0. The SMILES string of the molecule is O=C(O)CC1NCc2ccccc21. The van der Waals surface area contributed by atoms with Crippen molar-refractivity contribution in [3.63, 3.8) is 0 Å². The third-order valence-corrected chi connectivity index (χ3v) is 2.35. The third-order valence-electron chi connectivity index (χ3n) is 2.35. The van der Waals surface area contributed by atoms with Crippen LogP contribution in [0.1, 0.15) is 23.6 Å². The van der Waals surface area contributed by atoms with Gasteiger partial charge in [0.05, 0.1) is 6.42 Å². The fraction of sp³-hybridized carbons (Fsp3) is 0.300. The monoisotopic (exact) mass is 177 g/mol. The van der Waals surface area contributed by atoms with Crippen molar-refractivity contribution in [1.29, 1.82) is 0 Å². The second-order valence-electron chi connectivity index (χ2n) is 3.23. The highest BCUT2D eigenvalue weighted by Gasteiger charge is 2.22. The van der Waals surface area contributed by atoms with Crippen molar-refractivity contribution >= 4 is 5.97 Å². The Morgan fingerprint density at radius 1 is 1.54 bits per heavy atom. The molecule has 1 atom stereocenters. The van der Waals surface area contributed by atoms with Gasteiger partial charge in [-0.05, 0) is 11.1 Å². The van der Waals surface area contributed by atoms with Gasteiger partial charge in [0.1, 0.15) is 0 Å². The number of hydrogen-bond donors (Lipinski definition) is 2. The number of fused-ring (bicyclic) bond motifs is 1. The molecule has 2 N–H and O–H groups in total. The molecule has 0 saturated heterocycles. The molecule has 0 fully saturated rings. The van der Waals surface area contributed by atoms with E-state index in [0.717, 1.165) is 12.1 Å². The number of nitrogens with one attached hydrogen (secondary N) is 1. The Morgan fingerprint density at radius 3 is 3.08 bits per heavy atom. The lowest BCUT2D eigenvalue weighted by molar-refractivity contribution is -0.137. The molecule has 0 aromatic heterocycles. The Kier molecular flexibility index (Phi) is 2.02. The van der Waals surface area contributed by atoms with Crippen LogP contribution in [0.15, 0.2) is 24.3 Å². The molecule has 1 aromatic rings. The summed E-state index contributed by atoms with van der Waals surface area (Å²) in [6, 6.07) is 7.94. The fourth-order valence-corrected chi connectivity index (χ4v) is 1.73. The first-order valence-corrected chi connectivity index (χ1v) is 4.30. The fourth-order valence-electron chi connectivity index (χ4n) is 1.73. The van der Waals surface area contributed by atoms with Gasteiger partial charge in [0.25, 0.3) is 0 Å². The Balaban J connectivity index is 2.23. The van der Waals surface area contributed by atoms with E-state index in [-0.39, 0.29) is 12.5 Å². The zero-order chi connectivity index (χ0) is 9.26. The topological polar surface area (TPSA) is 49.3 Å². The Labute approximate surface area is 76.4 Å². The molecule has 3 nitrogen and oxygen atoms in total. The summed E-state index contributed by atoms with van der Waals surface area (Å²) in [6.07, 6.45) is 0.164. The van der Waals surface area contributed by atoms with Gasteiger partial charge in [-0.2, -0.15) is 0 Å². The summed E-state index contributed by atoms with van der Waals surface area (Å²) in [5.74, 6) is -0.755. The predicted octanol–water partition coefficient (Wildman–Crippen LogP) is 1.31. The highest BCUT2D eigenvalue weighted by Crippen LogP contribution is 2.26. The van der Waals surface area contributed by atoms with Gasteiger partial charge in [0, 0.05) is 12.6 Å². The normalized spacial score (nSPS) is 19.8. The Bertz CT molecular complexity index is 335. The van der Waals surface area contributed by atoms with Crippen molar-refractivity contribution in [3.05, 3.63) is 35.4 Å². The van der Waals surface area contributed by atoms with Crippen molar-refractivity contribution in [2.75, 3.05) is 0 Å². The Hall–Kier alpha value is -1.35. The van der Waals surface area contributed by atoms with Crippen LogP contribution in [-0.4, -0.2) is 11.1 Å². The zero-order valence-corrected chi connectivity index (χ0v) is 7.16. The molecule has 2 rings (SSSR count). The molecule has 1 unspecified atom stereocenters. The average molecular weight is 177 g/mol. The molecule has 1 aliphatic heterocycles. The van der Waals surface area contributed by atoms with Gasteiger partial charge < -0.3 is 10.4 Å². The van der Waals surface area contributed by atoms with E-state index in [1.807, 2.05) is 24.3 Å². The van der Waals surface area contributed by atoms with Crippen molar-refractivity contribution in [2.45, 2.75) is 19.0 Å². The van der Waals surface area contributed by atoms with Crippen LogP contribution < -0.4 is 5.32 Å². The van der Waals surface area contributed by atoms with E-state index in [4.69, 9.17) is 5.11 Å². The van der Waals surface area contributed by atoms with Gasteiger partial charge in [-0.25, -0.2) is 0 Å². The van der Waals surface area contributed by atoms with Crippen LogP contribution in [0.4, 0.5) is 0 Å². The predicted molar refractivity (Wildman–Crippen MR) is 48.3 cm³/mol. The number of hydrogen-bond acceptors (Lipinski definition) is 2. The van der Waals surface area contributed by atoms with Crippen molar-refractivity contribution in [3.8, 4) is 0 Å². The summed E-state index contributed by atoms with van der Waals surface area (Å²) in [5, 5.41) is 11.8. The van der Waals surface area contributed by atoms with Gasteiger partial charge in [0.2, 0.25) is 0 Å². The summed E-state index contributed by atoms with van der Waals surface area (Å²) in [4.78, 5) is 10.5. The molecule has 0 radical (unpaired) electrons. The summed E-state index contributed by atoms with van der Waals surface area (Å²) >= 11 is 0. The summed E-state index contributed by atoms with van der Waals surface area (Å²) in [5.41, 5.74) is 2.35. The molecule has 68 valence electrons. The highest BCUT2D eigenvalue weighted by molar-refractivity contribution is 5.68. The lowest BCUT2D eigenvalue weighted by atomic mass is 10.0. The largest absolute Gasteiger partial charge is 0.481 e. The smallest absolute Gasteiger partial charge is 0.305 e. The molecule has 0 aliphatic carbocycles. The molecule has 1 aliphatic rings. The molecule has 1 aromatic carbocycles. The number of benzene rings is 1. The zero-order valence-electron chi connectivity index (χ0n) is 7.16. The highest BCUT2D eigenvalue weighted by atomic mass is 16.4. The molecular formula is C10H11NO2. The molecular weight excluding hydrogens is 166 g/mol. The van der Waals surface area contributed by atoms with E-state index in [1.54, 1.807) is 0 Å². The van der Waals surface area contributed by atoms with E-state index >= 15 is 0 Å². The number of carboxylic acids is 1. The van der Waals surface area contributed by atoms with E-state index in [2.05, 4.69) is 5.32 Å². The van der Waals surface area contributed by atoms with Gasteiger partial charge in [-0.1, -0.05) is 24.3 Å². The number of carboxylic acid groups (broad SMARTS) is 1. The van der Waals surface area contributed by atoms with E-state index in [9.17, 15) is 4.79 Å². The minimum atomic E-state index is -0.755. The van der Waals surface area contributed by atoms with Crippen LogP contribution >= 0.6 is 0 Å². The van der Waals surface area contributed by atoms with Gasteiger partial charge >= 0.3 is 5.97 Å². The molecule has 13 heavy (non-hydrogen) atoms. The van der Waals surface area contributed by atoms with Crippen LogP contribution in [0.25, 0.3) is 0 Å². The van der Waals surface area contributed by atoms with Gasteiger partial charge in [-0.15, -0.1) is 0 Å². The van der Waals surface area contributed by atoms with E-state index in [0.29, 0.717) is 0 Å². The van der Waals surface area contributed by atoms with E-state index < -0.39 is 5.97 Å². The van der Waals surface area contributed by atoms with Crippen LogP contribution in [0.3, 0.4) is 0 Å². The van der Waals surface area contributed by atoms with Crippen LogP contribution in [0.5, 0.6) is 0 Å². The van der Waals surface area contributed by atoms with Crippen LogP contribution in [0, 0.1) is 0 Å². The molecule has 3 heteroatoms. The summed E-state index contributed by atoms with van der Waals surface area (Å²) in [6.45, 7) is 0.786.